The molecule has 0 heterocycles. The first-order valence-corrected chi connectivity index (χ1v) is 21.1. The minimum Gasteiger partial charge on any atom is -0.462 e. The Morgan fingerprint density at radius 2 is 0.865 bits per heavy atom. The summed E-state index contributed by atoms with van der Waals surface area (Å²) in [6.07, 6.45) is 54.8. The van der Waals surface area contributed by atoms with Gasteiger partial charge in [-0.05, 0) is 83.5 Å². The second-order valence-electron chi connectivity index (χ2n) is 13.5. The molecule has 0 radical (unpaired) electrons. The smallest absolute Gasteiger partial charge is 0.306 e. The Morgan fingerprint density at radius 1 is 0.442 bits per heavy atom. The highest BCUT2D eigenvalue weighted by Crippen LogP contribution is 2.11. The Morgan fingerprint density at radius 3 is 1.42 bits per heavy atom. The van der Waals surface area contributed by atoms with E-state index in [2.05, 4.69) is 106 Å². The van der Waals surface area contributed by atoms with Crippen LogP contribution in [0.15, 0.2) is 85.1 Å². The molecule has 0 aromatic rings. The number of unbranched alkanes of at least 4 members (excludes halogenated alkanes) is 12. The van der Waals surface area contributed by atoms with Crippen LogP contribution in [0.5, 0.6) is 0 Å². The summed E-state index contributed by atoms with van der Waals surface area (Å²) >= 11 is 0. The molecular weight excluding hydrogens is 645 g/mol. The van der Waals surface area contributed by atoms with Crippen molar-refractivity contribution in [1.82, 2.24) is 0 Å². The topological polar surface area (TPSA) is 61.8 Å². The van der Waals surface area contributed by atoms with Gasteiger partial charge < -0.3 is 14.2 Å². The highest BCUT2D eigenvalue weighted by atomic mass is 16.6. The predicted molar refractivity (Wildman–Crippen MR) is 223 cm³/mol. The lowest BCUT2D eigenvalue weighted by Crippen LogP contribution is -2.30. The van der Waals surface area contributed by atoms with Gasteiger partial charge in [0.15, 0.2) is 6.10 Å². The normalized spacial score (nSPS) is 13.1. The summed E-state index contributed by atoms with van der Waals surface area (Å²) in [7, 11) is 0. The van der Waals surface area contributed by atoms with Crippen LogP contribution in [-0.4, -0.2) is 37.9 Å². The third kappa shape index (κ3) is 39.9. The molecule has 0 aromatic heterocycles. The molecule has 1 unspecified atom stereocenters. The summed E-state index contributed by atoms with van der Waals surface area (Å²) in [6, 6.07) is 0. The predicted octanol–water partition coefficient (Wildman–Crippen LogP) is 13.8. The van der Waals surface area contributed by atoms with Gasteiger partial charge >= 0.3 is 11.9 Å². The molecule has 0 fully saturated rings. The van der Waals surface area contributed by atoms with Crippen LogP contribution >= 0.6 is 0 Å². The zero-order valence-electron chi connectivity index (χ0n) is 33.8. The highest BCUT2D eigenvalue weighted by molar-refractivity contribution is 5.70. The number of hydrogen-bond donors (Lipinski definition) is 0. The standard InChI is InChI=1S/C47H78O5/c1-4-7-10-13-15-17-19-21-23-25-27-29-31-33-36-39-42-50-43-45(52-47(49)41-38-34-12-9-6-3)44-51-46(48)40-37-35-32-30-28-26-24-22-20-18-16-14-11-8-5-2/h7,10,15-18,21-24,27,29,33,36,45H,4-6,8-9,11-14,19-20,25-26,28,30-32,34-35,37-44H2,1-3H3/b10-7-,17-15-,18-16-,23-21-,24-22-,29-27-,36-33-. The largest absolute Gasteiger partial charge is 0.462 e. The first kappa shape index (κ1) is 49.1. The van der Waals surface area contributed by atoms with Crippen molar-refractivity contribution in [2.45, 2.75) is 181 Å². The number of rotatable bonds is 37. The Hall–Kier alpha value is -2.92. The molecule has 0 saturated carbocycles. The van der Waals surface area contributed by atoms with Gasteiger partial charge in [-0.1, -0.05) is 164 Å². The Bertz CT molecular complexity index is 999. The summed E-state index contributed by atoms with van der Waals surface area (Å²) in [5.74, 6) is -0.474. The number of allylic oxidation sites excluding steroid dienone is 13. The number of carbonyl (C=O) groups excluding carboxylic acids is 2. The van der Waals surface area contributed by atoms with Gasteiger partial charge in [-0.25, -0.2) is 0 Å². The summed E-state index contributed by atoms with van der Waals surface area (Å²) in [5, 5.41) is 0. The molecule has 0 spiro atoms. The number of hydrogen-bond acceptors (Lipinski definition) is 5. The summed E-state index contributed by atoms with van der Waals surface area (Å²) in [4.78, 5) is 24.9. The maximum atomic E-state index is 12.5. The van der Waals surface area contributed by atoms with E-state index >= 15 is 0 Å². The van der Waals surface area contributed by atoms with Crippen molar-refractivity contribution < 1.29 is 23.8 Å². The van der Waals surface area contributed by atoms with Crippen molar-refractivity contribution in [1.29, 1.82) is 0 Å². The van der Waals surface area contributed by atoms with E-state index in [1.165, 1.54) is 51.4 Å². The molecule has 0 aromatic carbocycles. The van der Waals surface area contributed by atoms with Crippen molar-refractivity contribution in [3.63, 3.8) is 0 Å². The maximum absolute atomic E-state index is 12.5. The average molecular weight is 723 g/mol. The maximum Gasteiger partial charge on any atom is 0.306 e. The Balaban J connectivity index is 4.25. The van der Waals surface area contributed by atoms with E-state index in [1.807, 2.05) is 0 Å². The third-order valence-electron chi connectivity index (χ3n) is 8.43. The molecule has 0 saturated heterocycles. The van der Waals surface area contributed by atoms with Crippen molar-refractivity contribution in [3.05, 3.63) is 85.1 Å². The van der Waals surface area contributed by atoms with Crippen molar-refractivity contribution in [2.75, 3.05) is 19.8 Å². The van der Waals surface area contributed by atoms with E-state index in [1.54, 1.807) is 0 Å². The Labute approximate surface area is 320 Å². The van der Waals surface area contributed by atoms with Crippen LogP contribution in [0.25, 0.3) is 0 Å². The lowest BCUT2D eigenvalue weighted by molar-refractivity contribution is -0.162. The molecule has 5 heteroatoms. The van der Waals surface area contributed by atoms with Gasteiger partial charge in [-0.3, -0.25) is 9.59 Å². The fraction of sp³-hybridized carbons (Fsp3) is 0.660. The van der Waals surface area contributed by atoms with E-state index in [-0.39, 0.29) is 25.2 Å². The van der Waals surface area contributed by atoms with Gasteiger partial charge in [0.2, 0.25) is 0 Å². The minimum atomic E-state index is -0.579. The van der Waals surface area contributed by atoms with Crippen LogP contribution < -0.4 is 0 Å². The van der Waals surface area contributed by atoms with Gasteiger partial charge in [0.05, 0.1) is 13.2 Å². The first-order valence-electron chi connectivity index (χ1n) is 21.1. The highest BCUT2D eigenvalue weighted by Gasteiger charge is 2.17. The summed E-state index contributed by atoms with van der Waals surface area (Å²) in [6.45, 7) is 7.36. The van der Waals surface area contributed by atoms with E-state index in [0.717, 1.165) is 89.9 Å². The van der Waals surface area contributed by atoms with E-state index in [0.29, 0.717) is 19.4 Å². The lowest BCUT2D eigenvalue weighted by atomic mass is 10.1. The van der Waals surface area contributed by atoms with Crippen LogP contribution in [0, 0.1) is 0 Å². The lowest BCUT2D eigenvalue weighted by Gasteiger charge is -2.18. The molecule has 0 aliphatic rings. The van der Waals surface area contributed by atoms with Crippen LogP contribution in [-0.2, 0) is 23.8 Å². The monoisotopic (exact) mass is 723 g/mol. The van der Waals surface area contributed by atoms with Crippen LogP contribution in [0.1, 0.15) is 175 Å². The fourth-order valence-electron chi connectivity index (χ4n) is 5.31. The molecule has 5 nitrogen and oxygen atoms in total. The molecule has 0 aliphatic heterocycles. The SMILES string of the molecule is CC/C=C\C/C=C\C/C=C\C/C=C\C/C=C\CCOCC(COC(=O)CCCCCCC/C=C\C/C=C\CCCCC)OC(=O)CCCCCCC. The molecule has 0 N–H and O–H groups in total. The van der Waals surface area contributed by atoms with Gasteiger partial charge in [0.1, 0.15) is 6.61 Å². The second kappa shape index (κ2) is 42.5. The summed E-state index contributed by atoms with van der Waals surface area (Å²) < 4.78 is 17.0. The van der Waals surface area contributed by atoms with Crippen molar-refractivity contribution >= 4 is 11.9 Å². The minimum absolute atomic E-state index is 0.0440. The van der Waals surface area contributed by atoms with Crippen molar-refractivity contribution in [3.8, 4) is 0 Å². The van der Waals surface area contributed by atoms with Gasteiger partial charge in [0.25, 0.3) is 0 Å². The fourth-order valence-corrected chi connectivity index (χ4v) is 5.31. The zero-order chi connectivity index (χ0) is 37.8. The van der Waals surface area contributed by atoms with E-state index in [9.17, 15) is 9.59 Å². The molecule has 296 valence electrons. The third-order valence-corrected chi connectivity index (χ3v) is 8.43. The summed E-state index contributed by atoms with van der Waals surface area (Å²) in [5.41, 5.74) is 0. The molecule has 0 rings (SSSR count). The Kier molecular flexibility index (Phi) is 40.1. The van der Waals surface area contributed by atoms with Gasteiger partial charge in [-0.2, -0.15) is 0 Å². The number of ether oxygens (including phenoxy) is 3. The van der Waals surface area contributed by atoms with Gasteiger partial charge in [-0.15, -0.1) is 0 Å². The molecule has 0 aliphatic carbocycles. The van der Waals surface area contributed by atoms with Crippen LogP contribution in [0.4, 0.5) is 0 Å². The second-order valence-corrected chi connectivity index (χ2v) is 13.5. The molecule has 52 heavy (non-hydrogen) atoms. The molecule has 0 bridgehead atoms. The molecular formula is C47H78O5. The van der Waals surface area contributed by atoms with E-state index < -0.39 is 6.10 Å². The van der Waals surface area contributed by atoms with E-state index in [4.69, 9.17) is 14.2 Å². The molecule has 0 amide bonds. The van der Waals surface area contributed by atoms with Gasteiger partial charge in [0, 0.05) is 12.8 Å². The van der Waals surface area contributed by atoms with Crippen LogP contribution in [0.3, 0.4) is 0 Å². The van der Waals surface area contributed by atoms with Crippen molar-refractivity contribution in [2.24, 2.45) is 0 Å². The first-order chi connectivity index (χ1) is 25.6. The quantitative estimate of drug-likeness (QED) is 0.0363. The molecule has 1 atom stereocenters. The zero-order valence-corrected chi connectivity index (χ0v) is 33.8. The number of carbonyl (C=O) groups is 2. The number of esters is 2. The van der Waals surface area contributed by atoms with Crippen LogP contribution in [0.2, 0.25) is 0 Å². The average Bonchev–Trinajstić information content (AvgIpc) is 3.14.